The topological polar surface area (TPSA) is 21.3 Å². The van der Waals surface area contributed by atoms with Gasteiger partial charge in [-0.1, -0.05) is 152 Å². The molecule has 0 bridgehead atoms. The summed E-state index contributed by atoms with van der Waals surface area (Å²) in [7, 11) is 0. The van der Waals surface area contributed by atoms with E-state index in [0.717, 1.165) is 50.3 Å². The number of hydrogen-bond donors (Lipinski definition) is 0. The zero-order valence-corrected chi connectivity index (χ0v) is 34.3. The van der Waals surface area contributed by atoms with E-state index in [1.165, 1.54) is 69.4 Å². The molecule has 0 aliphatic heterocycles. The monoisotopic (exact) mass is 808 g/mol. The molecule has 0 spiro atoms. The second-order valence-corrected chi connectivity index (χ2v) is 17.1. The number of benzene rings is 10. The number of nitrogens with zero attached hydrogens (tertiary/aromatic N) is 2. The Bertz CT molecular complexity index is 3860. The Morgan fingerprint density at radius 2 is 1.06 bits per heavy atom. The van der Waals surface area contributed by atoms with E-state index < -0.39 is 0 Å². The lowest BCUT2D eigenvalue weighted by Crippen LogP contribution is -2.10. The molecule has 0 saturated carbocycles. The van der Waals surface area contributed by atoms with Crippen LogP contribution in [-0.2, 0) is 0 Å². The van der Waals surface area contributed by atoms with Crippen molar-refractivity contribution in [1.82, 2.24) is 4.57 Å². The third-order valence-electron chi connectivity index (χ3n) is 12.6. The van der Waals surface area contributed by atoms with Crippen LogP contribution in [-0.4, -0.2) is 4.57 Å². The van der Waals surface area contributed by atoms with Crippen molar-refractivity contribution in [2.24, 2.45) is 0 Å². The fraction of sp³-hybridized carbons (Fsp3) is 0. The van der Waals surface area contributed by atoms with Gasteiger partial charge in [0.15, 0.2) is 5.58 Å². The van der Waals surface area contributed by atoms with Crippen molar-refractivity contribution in [2.45, 2.75) is 0 Å². The molecule has 10 aromatic carbocycles. The fourth-order valence-electron chi connectivity index (χ4n) is 9.75. The molecule has 3 aromatic heterocycles. The molecule has 290 valence electrons. The van der Waals surface area contributed by atoms with Crippen molar-refractivity contribution in [2.75, 3.05) is 4.90 Å². The second-order valence-electron chi connectivity index (χ2n) is 16.0. The summed E-state index contributed by atoms with van der Waals surface area (Å²) >= 11 is 1.86. The number of fused-ring (bicyclic) bond motifs is 11. The quantitative estimate of drug-likeness (QED) is 0.167. The molecule has 0 unspecified atom stereocenters. The summed E-state index contributed by atoms with van der Waals surface area (Å²) < 4.78 is 11.7. The van der Waals surface area contributed by atoms with Crippen molar-refractivity contribution < 1.29 is 4.42 Å². The lowest BCUT2D eigenvalue weighted by atomic mass is 9.99. The van der Waals surface area contributed by atoms with E-state index in [0.29, 0.717) is 0 Å². The molecule has 0 fully saturated rings. The smallest absolute Gasteiger partial charge is 0.159 e. The van der Waals surface area contributed by atoms with Gasteiger partial charge in [0, 0.05) is 64.2 Å². The molecular formula is C58H36N2OS. The second kappa shape index (κ2) is 13.8. The van der Waals surface area contributed by atoms with Crippen molar-refractivity contribution in [3.63, 3.8) is 0 Å². The Morgan fingerprint density at radius 1 is 0.419 bits per heavy atom. The van der Waals surface area contributed by atoms with Crippen molar-refractivity contribution >= 4 is 103 Å². The molecule has 62 heavy (non-hydrogen) atoms. The number of hydrogen-bond acceptors (Lipinski definition) is 3. The van der Waals surface area contributed by atoms with Crippen LogP contribution in [0, 0.1) is 0 Å². The molecule has 0 aliphatic rings. The van der Waals surface area contributed by atoms with E-state index >= 15 is 0 Å². The SMILES string of the molecule is c1ccc(-n2c3cc(-c4ccc(N(c5ccc(-c6cccc7sc8ccccc8c67)cc5)c5cccc6c5oc5ccccc56)cc4)ccc3c3ccc4ccccc4c32)cc1. The maximum atomic E-state index is 6.67. The number of thiophene rings is 1. The molecule has 0 saturated heterocycles. The van der Waals surface area contributed by atoms with Crippen LogP contribution in [0.5, 0.6) is 0 Å². The molecule has 3 nitrogen and oxygen atoms in total. The Balaban J connectivity index is 0.954. The Labute approximate surface area is 361 Å². The Kier molecular flexibility index (Phi) is 7.78. The highest BCUT2D eigenvalue weighted by atomic mass is 32.1. The third-order valence-corrected chi connectivity index (χ3v) is 13.7. The summed E-state index contributed by atoms with van der Waals surface area (Å²) in [6, 6.07) is 79.1. The standard InChI is InChI=1S/C58H36N2OS/c1-2-13-41(14-3-1)60-52-36-40(29-34-46(52)48-35-28-38-12-4-5-15-45(38)57(48)60)37-24-30-42(31-25-37)59(51-20-10-19-49-47-16-6-8-21-53(47)61-58(49)51)43-32-26-39(27-33-43)44-18-11-23-55-56(44)50-17-7-9-22-54(50)62-55/h1-36H. The van der Waals surface area contributed by atoms with Crippen molar-refractivity contribution in [3.8, 4) is 27.9 Å². The minimum absolute atomic E-state index is 0.864. The number of anilines is 3. The van der Waals surface area contributed by atoms with Crippen LogP contribution in [0.3, 0.4) is 0 Å². The lowest BCUT2D eigenvalue weighted by Gasteiger charge is -2.26. The zero-order valence-electron chi connectivity index (χ0n) is 33.5. The molecule has 0 atom stereocenters. The average Bonchev–Trinajstić information content (AvgIpc) is 4.02. The summed E-state index contributed by atoms with van der Waals surface area (Å²) in [6.45, 7) is 0. The minimum Gasteiger partial charge on any atom is -0.454 e. The lowest BCUT2D eigenvalue weighted by molar-refractivity contribution is 0.669. The van der Waals surface area contributed by atoms with Crippen LogP contribution in [0.15, 0.2) is 223 Å². The van der Waals surface area contributed by atoms with Crippen molar-refractivity contribution in [1.29, 1.82) is 0 Å². The highest BCUT2D eigenvalue weighted by Gasteiger charge is 2.21. The van der Waals surface area contributed by atoms with Crippen molar-refractivity contribution in [3.05, 3.63) is 218 Å². The first-order valence-electron chi connectivity index (χ1n) is 21.1. The van der Waals surface area contributed by atoms with Gasteiger partial charge in [-0.25, -0.2) is 0 Å². The Hall–Kier alpha value is -7.92. The molecular weight excluding hydrogens is 773 g/mol. The van der Waals surface area contributed by atoms with Crippen LogP contribution in [0.1, 0.15) is 0 Å². The number of furan rings is 1. The van der Waals surface area contributed by atoms with Gasteiger partial charge in [0.25, 0.3) is 0 Å². The van der Waals surface area contributed by atoms with E-state index in [1.807, 2.05) is 17.4 Å². The molecule has 13 rings (SSSR count). The number of rotatable bonds is 6. The molecule has 0 N–H and O–H groups in total. The van der Waals surface area contributed by atoms with Gasteiger partial charge in [-0.15, -0.1) is 11.3 Å². The van der Waals surface area contributed by atoms with E-state index in [-0.39, 0.29) is 0 Å². The van der Waals surface area contributed by atoms with Gasteiger partial charge in [-0.2, -0.15) is 0 Å². The van der Waals surface area contributed by atoms with Gasteiger partial charge in [0.05, 0.1) is 16.7 Å². The molecule has 13 aromatic rings. The van der Waals surface area contributed by atoms with Crippen LogP contribution in [0.2, 0.25) is 0 Å². The highest BCUT2D eigenvalue weighted by molar-refractivity contribution is 7.25. The van der Waals surface area contributed by atoms with Gasteiger partial charge < -0.3 is 13.9 Å². The first-order valence-corrected chi connectivity index (χ1v) is 21.9. The predicted molar refractivity (Wildman–Crippen MR) is 264 cm³/mol. The molecule has 0 radical (unpaired) electrons. The van der Waals surface area contributed by atoms with E-state index in [2.05, 4.69) is 222 Å². The van der Waals surface area contributed by atoms with Gasteiger partial charge in [-0.3, -0.25) is 0 Å². The maximum absolute atomic E-state index is 6.67. The predicted octanol–water partition coefficient (Wildman–Crippen LogP) is 17.0. The first kappa shape index (κ1) is 34.9. The van der Waals surface area contributed by atoms with Crippen LogP contribution < -0.4 is 4.90 Å². The van der Waals surface area contributed by atoms with Gasteiger partial charge >= 0.3 is 0 Å². The summed E-state index contributed by atoms with van der Waals surface area (Å²) in [4.78, 5) is 2.33. The van der Waals surface area contributed by atoms with Crippen LogP contribution in [0.25, 0.3) is 103 Å². The third kappa shape index (κ3) is 5.37. The zero-order chi connectivity index (χ0) is 40.7. The van der Waals surface area contributed by atoms with Crippen LogP contribution in [0.4, 0.5) is 17.1 Å². The number of para-hydroxylation sites is 3. The summed E-state index contributed by atoms with van der Waals surface area (Å²) in [6.07, 6.45) is 0. The van der Waals surface area contributed by atoms with Gasteiger partial charge in [0.1, 0.15) is 5.58 Å². The van der Waals surface area contributed by atoms with Gasteiger partial charge in [0.2, 0.25) is 0 Å². The molecule has 4 heteroatoms. The average molecular weight is 809 g/mol. The van der Waals surface area contributed by atoms with E-state index in [4.69, 9.17) is 4.42 Å². The van der Waals surface area contributed by atoms with E-state index in [9.17, 15) is 0 Å². The summed E-state index contributed by atoms with van der Waals surface area (Å²) in [5.41, 5.74) is 13.2. The van der Waals surface area contributed by atoms with Gasteiger partial charge in [-0.05, 0) is 94.4 Å². The normalized spacial score (nSPS) is 11.9. The van der Waals surface area contributed by atoms with Crippen LogP contribution >= 0.6 is 11.3 Å². The summed E-state index contributed by atoms with van der Waals surface area (Å²) in [5, 5.41) is 9.82. The molecule has 0 amide bonds. The summed E-state index contributed by atoms with van der Waals surface area (Å²) in [5.74, 6) is 0. The number of aromatic nitrogens is 1. The first-order chi connectivity index (χ1) is 30.7. The maximum Gasteiger partial charge on any atom is 0.159 e. The highest BCUT2D eigenvalue weighted by Crippen LogP contribution is 2.45. The van der Waals surface area contributed by atoms with E-state index in [1.54, 1.807) is 0 Å². The fourth-order valence-corrected chi connectivity index (χ4v) is 10.9. The Morgan fingerprint density at radius 3 is 1.90 bits per heavy atom. The molecule has 3 heterocycles. The molecule has 0 aliphatic carbocycles. The largest absolute Gasteiger partial charge is 0.454 e. The minimum atomic E-state index is 0.864.